The van der Waals surface area contributed by atoms with Crippen molar-refractivity contribution in [2.24, 2.45) is 11.8 Å². The lowest BCUT2D eigenvalue weighted by Gasteiger charge is -2.36. The van der Waals surface area contributed by atoms with Crippen LogP contribution in [0.25, 0.3) is 6.08 Å². The molecule has 0 N–H and O–H groups in total. The highest BCUT2D eigenvalue weighted by molar-refractivity contribution is 9.10. The van der Waals surface area contributed by atoms with Crippen molar-refractivity contribution in [3.63, 3.8) is 0 Å². The number of rotatable bonds is 3. The number of fused-ring (bicyclic) bond motifs is 5. The van der Waals surface area contributed by atoms with Gasteiger partial charge >= 0.3 is 0 Å². The van der Waals surface area contributed by atoms with Gasteiger partial charge in [0.2, 0.25) is 11.8 Å². The molecule has 0 aromatic heterocycles. The molecule has 0 aliphatic carbocycles. The van der Waals surface area contributed by atoms with Gasteiger partial charge in [0.1, 0.15) is 6.04 Å². The van der Waals surface area contributed by atoms with Gasteiger partial charge in [-0.1, -0.05) is 76.1 Å². The van der Waals surface area contributed by atoms with Crippen molar-refractivity contribution >= 4 is 51.0 Å². The van der Waals surface area contributed by atoms with Crippen LogP contribution in [0.2, 0.25) is 0 Å². The summed E-state index contributed by atoms with van der Waals surface area (Å²) in [5.74, 6) is -2.08. The van der Waals surface area contributed by atoms with E-state index in [0.29, 0.717) is 11.3 Å². The zero-order valence-corrected chi connectivity index (χ0v) is 20.9. The summed E-state index contributed by atoms with van der Waals surface area (Å²) >= 11 is 3.43. The van der Waals surface area contributed by atoms with Gasteiger partial charge in [-0.25, -0.2) is 4.90 Å². The van der Waals surface area contributed by atoms with Crippen molar-refractivity contribution in [1.82, 2.24) is 0 Å². The fourth-order valence-corrected chi connectivity index (χ4v) is 6.16. The predicted octanol–water partition coefficient (Wildman–Crippen LogP) is 5.34. The van der Waals surface area contributed by atoms with Crippen LogP contribution in [0, 0.1) is 25.7 Å². The SMILES string of the molecule is Cc1ccc(N2C(=O)[C@@H]3[C@H](C2=O)[C@@H](C(=O)c2ccc(Br)cc2)N2c4ccccc4C=C[C@H]32)c(C)c1. The molecule has 2 fully saturated rings. The van der Waals surface area contributed by atoms with Crippen LogP contribution in [0.4, 0.5) is 11.4 Å². The Morgan fingerprint density at radius 2 is 1.57 bits per heavy atom. The van der Waals surface area contributed by atoms with Gasteiger partial charge in [-0.15, -0.1) is 0 Å². The number of ketones is 1. The highest BCUT2D eigenvalue weighted by atomic mass is 79.9. The maximum absolute atomic E-state index is 14.0. The highest BCUT2D eigenvalue weighted by Gasteiger charge is 2.64. The van der Waals surface area contributed by atoms with Crippen LogP contribution in [-0.2, 0) is 9.59 Å². The van der Waals surface area contributed by atoms with Crippen molar-refractivity contribution in [3.05, 3.63) is 99.5 Å². The zero-order valence-electron chi connectivity index (χ0n) is 19.3. The van der Waals surface area contributed by atoms with Crippen molar-refractivity contribution < 1.29 is 14.4 Å². The quantitative estimate of drug-likeness (QED) is 0.341. The van der Waals surface area contributed by atoms with Crippen LogP contribution >= 0.6 is 15.9 Å². The predicted molar refractivity (Wildman–Crippen MR) is 139 cm³/mol. The first-order valence-electron chi connectivity index (χ1n) is 11.7. The molecule has 35 heavy (non-hydrogen) atoms. The average Bonchev–Trinajstić information content (AvgIpc) is 3.32. The summed E-state index contributed by atoms with van der Waals surface area (Å²) in [6.07, 6.45) is 3.98. The molecule has 174 valence electrons. The second kappa shape index (κ2) is 8.02. The fourth-order valence-electron chi connectivity index (χ4n) is 5.89. The topological polar surface area (TPSA) is 57.7 Å². The number of halogens is 1. The van der Waals surface area contributed by atoms with Crippen molar-refractivity contribution in [2.75, 3.05) is 9.80 Å². The summed E-state index contributed by atoms with van der Waals surface area (Å²) in [6.45, 7) is 3.89. The van der Waals surface area contributed by atoms with E-state index in [4.69, 9.17) is 0 Å². The molecule has 3 aliphatic heterocycles. The van der Waals surface area contributed by atoms with Gasteiger partial charge < -0.3 is 4.90 Å². The third-order valence-electron chi connectivity index (χ3n) is 7.41. The highest BCUT2D eigenvalue weighted by Crippen LogP contribution is 2.50. The number of para-hydroxylation sites is 1. The molecule has 5 nitrogen and oxygen atoms in total. The second-order valence-corrected chi connectivity index (χ2v) is 10.4. The minimum absolute atomic E-state index is 0.149. The first-order valence-corrected chi connectivity index (χ1v) is 12.5. The Labute approximate surface area is 212 Å². The number of amides is 2. The molecule has 0 unspecified atom stereocenters. The van der Waals surface area contributed by atoms with Crippen molar-refractivity contribution in [2.45, 2.75) is 25.9 Å². The van der Waals surface area contributed by atoms with E-state index in [9.17, 15) is 14.4 Å². The molecule has 3 aromatic carbocycles. The summed E-state index contributed by atoms with van der Waals surface area (Å²) in [5, 5.41) is 0. The summed E-state index contributed by atoms with van der Waals surface area (Å²) in [4.78, 5) is 45.2. The average molecular weight is 527 g/mol. The van der Waals surface area contributed by atoms with Gasteiger partial charge in [0.15, 0.2) is 5.78 Å². The standard InChI is InChI=1S/C29H23BrN2O3/c1-16-7-13-21(17(2)15-16)32-28(34)24-23-14-10-18-5-3-4-6-22(18)31(23)26(25(24)29(32)35)27(33)19-8-11-20(30)12-9-19/h3-15,23-26H,1-2H3/t23-,24+,25+,26+/m1/s1. The van der Waals surface area contributed by atoms with E-state index in [2.05, 4.69) is 15.9 Å². The largest absolute Gasteiger partial charge is 0.352 e. The molecule has 0 radical (unpaired) electrons. The number of benzene rings is 3. The third-order valence-corrected chi connectivity index (χ3v) is 7.93. The molecule has 3 heterocycles. The Morgan fingerprint density at radius 1 is 0.857 bits per heavy atom. The molecule has 0 bridgehead atoms. The molecule has 6 heteroatoms. The number of carbonyl (C=O) groups is 3. The number of hydrogen-bond acceptors (Lipinski definition) is 4. The number of anilines is 2. The fraction of sp³-hybridized carbons (Fsp3) is 0.207. The molecular weight excluding hydrogens is 504 g/mol. The summed E-state index contributed by atoms with van der Waals surface area (Å²) in [5.41, 5.74) is 4.90. The second-order valence-electron chi connectivity index (χ2n) is 9.49. The van der Waals surface area contributed by atoms with Crippen LogP contribution in [0.15, 0.2) is 77.3 Å². The number of hydrogen-bond donors (Lipinski definition) is 0. The number of Topliss-reactive ketones (excluding diaryl/α,β-unsaturated/α-hetero) is 1. The zero-order chi connectivity index (χ0) is 24.4. The molecule has 2 saturated heterocycles. The summed E-state index contributed by atoms with van der Waals surface area (Å²) in [7, 11) is 0. The van der Waals surface area contributed by atoms with Crippen molar-refractivity contribution in [1.29, 1.82) is 0 Å². The Kier molecular flexibility index (Phi) is 5.04. The lowest BCUT2D eigenvalue weighted by Crippen LogP contribution is -2.49. The van der Waals surface area contributed by atoms with Crippen molar-refractivity contribution in [3.8, 4) is 0 Å². The maximum atomic E-state index is 14.0. The van der Waals surface area contributed by atoms with Crippen LogP contribution in [0.1, 0.15) is 27.0 Å². The van der Waals surface area contributed by atoms with Gasteiger partial charge in [-0.2, -0.15) is 0 Å². The first-order chi connectivity index (χ1) is 16.9. The Bertz CT molecular complexity index is 1430. The molecule has 2 amide bonds. The van der Waals surface area contributed by atoms with Gasteiger partial charge in [0.25, 0.3) is 0 Å². The summed E-state index contributed by atoms with van der Waals surface area (Å²) in [6, 6.07) is 19.6. The molecular formula is C29H23BrN2O3. The molecule has 6 rings (SSSR count). The molecule has 3 aliphatic rings. The number of carbonyl (C=O) groups excluding carboxylic acids is 3. The van der Waals surface area contributed by atoms with E-state index >= 15 is 0 Å². The Hall–Kier alpha value is -3.51. The summed E-state index contributed by atoms with van der Waals surface area (Å²) < 4.78 is 0.871. The van der Waals surface area contributed by atoms with E-state index in [1.54, 1.807) is 12.1 Å². The first kappa shape index (κ1) is 22.0. The smallest absolute Gasteiger partial charge is 0.240 e. The maximum Gasteiger partial charge on any atom is 0.240 e. The van der Waals surface area contributed by atoms with E-state index < -0.39 is 17.9 Å². The molecule has 4 atom stereocenters. The van der Waals surface area contributed by atoms with Crippen LogP contribution < -0.4 is 9.80 Å². The lowest BCUT2D eigenvalue weighted by atomic mass is 9.86. The minimum Gasteiger partial charge on any atom is -0.352 e. The lowest BCUT2D eigenvalue weighted by molar-refractivity contribution is -0.122. The van der Waals surface area contributed by atoms with Gasteiger partial charge in [-0.05, 0) is 49.2 Å². The monoisotopic (exact) mass is 526 g/mol. The Morgan fingerprint density at radius 3 is 2.31 bits per heavy atom. The minimum atomic E-state index is -0.774. The molecule has 0 saturated carbocycles. The third kappa shape index (κ3) is 3.23. The van der Waals surface area contributed by atoms with Crippen LogP contribution in [0.3, 0.4) is 0 Å². The van der Waals surface area contributed by atoms with Gasteiger partial charge in [0, 0.05) is 15.7 Å². The number of imide groups is 1. The normalized spacial score (nSPS) is 24.4. The van der Waals surface area contributed by atoms with E-state index in [1.165, 1.54) is 4.90 Å². The Balaban J connectivity index is 1.50. The van der Waals surface area contributed by atoms with Gasteiger partial charge in [0.05, 0.1) is 23.6 Å². The number of aryl methyl sites for hydroxylation is 2. The van der Waals surface area contributed by atoms with Gasteiger partial charge in [-0.3, -0.25) is 14.4 Å². The van der Waals surface area contributed by atoms with E-state index in [1.807, 2.05) is 85.5 Å². The molecule has 3 aromatic rings. The number of nitrogens with zero attached hydrogens (tertiary/aromatic N) is 2. The van der Waals surface area contributed by atoms with E-state index in [0.717, 1.165) is 26.9 Å². The van der Waals surface area contributed by atoms with Crippen LogP contribution in [0.5, 0.6) is 0 Å². The van der Waals surface area contributed by atoms with E-state index in [-0.39, 0.29) is 23.6 Å². The van der Waals surface area contributed by atoms with Crippen LogP contribution in [-0.4, -0.2) is 29.7 Å². The molecule has 0 spiro atoms.